The zero-order valence-corrected chi connectivity index (χ0v) is 10.8. The summed E-state index contributed by atoms with van der Waals surface area (Å²) in [4.78, 5) is 22.8. The molecule has 1 amide bonds. The van der Waals surface area contributed by atoms with E-state index in [0.29, 0.717) is 6.61 Å². The van der Waals surface area contributed by atoms with Crippen molar-refractivity contribution in [1.29, 1.82) is 0 Å². The van der Waals surface area contributed by atoms with Gasteiger partial charge in [0.05, 0.1) is 26.2 Å². The summed E-state index contributed by atoms with van der Waals surface area (Å²) < 4.78 is 10.0. The molecule has 1 aliphatic heterocycles. The number of fused-ring (bicyclic) bond motifs is 1. The van der Waals surface area contributed by atoms with E-state index in [1.54, 1.807) is 0 Å². The van der Waals surface area contributed by atoms with Crippen molar-refractivity contribution >= 4 is 11.9 Å². The molecule has 1 N–H and O–H groups in total. The maximum atomic E-state index is 11.8. The topological polar surface area (TPSA) is 64.6 Å². The minimum absolute atomic E-state index is 0.0462. The largest absolute Gasteiger partial charge is 0.493 e. The van der Waals surface area contributed by atoms with Crippen molar-refractivity contribution in [3.8, 4) is 5.75 Å². The predicted octanol–water partition coefficient (Wildman–Crippen LogP) is 1.58. The zero-order valence-electron chi connectivity index (χ0n) is 10.8. The van der Waals surface area contributed by atoms with Gasteiger partial charge in [-0.1, -0.05) is 18.2 Å². The van der Waals surface area contributed by atoms with Crippen molar-refractivity contribution in [2.24, 2.45) is 0 Å². The van der Waals surface area contributed by atoms with E-state index in [1.807, 2.05) is 24.3 Å². The van der Waals surface area contributed by atoms with Gasteiger partial charge in [0.1, 0.15) is 5.75 Å². The van der Waals surface area contributed by atoms with Gasteiger partial charge in [0, 0.05) is 18.4 Å². The summed E-state index contributed by atoms with van der Waals surface area (Å²) in [5, 5.41) is 2.93. The number of nitrogens with one attached hydrogen (secondary N) is 1. The second-order valence-corrected chi connectivity index (χ2v) is 4.37. The van der Waals surface area contributed by atoms with Crippen LogP contribution in [0.15, 0.2) is 24.3 Å². The van der Waals surface area contributed by atoms with Gasteiger partial charge < -0.3 is 14.8 Å². The van der Waals surface area contributed by atoms with Crippen LogP contribution in [0.2, 0.25) is 0 Å². The second-order valence-electron chi connectivity index (χ2n) is 4.37. The molecule has 0 saturated carbocycles. The van der Waals surface area contributed by atoms with Crippen molar-refractivity contribution < 1.29 is 19.1 Å². The summed E-state index contributed by atoms with van der Waals surface area (Å²) in [6, 6.07) is 7.61. The smallest absolute Gasteiger partial charge is 0.306 e. The number of carbonyl (C=O) groups is 2. The minimum Gasteiger partial charge on any atom is -0.493 e. The van der Waals surface area contributed by atoms with Gasteiger partial charge in [0.2, 0.25) is 5.91 Å². The predicted molar refractivity (Wildman–Crippen MR) is 68.7 cm³/mol. The average Bonchev–Trinajstić information content (AvgIpc) is 2.45. The van der Waals surface area contributed by atoms with Crippen LogP contribution in [-0.4, -0.2) is 25.6 Å². The highest BCUT2D eigenvalue weighted by molar-refractivity contribution is 5.81. The number of rotatable bonds is 4. The Morgan fingerprint density at radius 1 is 1.37 bits per heavy atom. The Labute approximate surface area is 111 Å². The highest BCUT2D eigenvalue weighted by Gasteiger charge is 2.22. The van der Waals surface area contributed by atoms with Crippen molar-refractivity contribution in [3.63, 3.8) is 0 Å². The van der Waals surface area contributed by atoms with Crippen molar-refractivity contribution in [1.82, 2.24) is 5.32 Å². The van der Waals surface area contributed by atoms with Crippen LogP contribution < -0.4 is 10.1 Å². The fourth-order valence-electron chi connectivity index (χ4n) is 2.08. The van der Waals surface area contributed by atoms with Crippen molar-refractivity contribution in [2.75, 3.05) is 13.7 Å². The third-order valence-electron chi connectivity index (χ3n) is 3.08. The summed E-state index contributed by atoms with van der Waals surface area (Å²) in [5.74, 6) is 0.293. The van der Waals surface area contributed by atoms with Crippen LogP contribution >= 0.6 is 0 Å². The third kappa shape index (κ3) is 3.47. The first kappa shape index (κ1) is 13.4. The minimum atomic E-state index is -0.373. The molecular weight excluding hydrogens is 246 g/mol. The van der Waals surface area contributed by atoms with Crippen LogP contribution in [0.5, 0.6) is 5.75 Å². The standard InChI is InChI=1S/C14H17NO4/c1-18-14(17)7-6-13(16)15-11-8-9-19-12-5-3-2-4-10(11)12/h2-5,11H,6-9H2,1H3,(H,15,16). The Hall–Kier alpha value is -2.04. The molecule has 1 aliphatic rings. The summed E-state index contributed by atoms with van der Waals surface area (Å²) in [5.41, 5.74) is 0.986. The molecule has 19 heavy (non-hydrogen) atoms. The van der Waals surface area contributed by atoms with Gasteiger partial charge >= 0.3 is 5.97 Å². The number of hydrogen-bond donors (Lipinski definition) is 1. The second kappa shape index (κ2) is 6.22. The molecule has 5 heteroatoms. The van der Waals surface area contributed by atoms with Gasteiger partial charge in [-0.25, -0.2) is 0 Å². The first-order valence-corrected chi connectivity index (χ1v) is 6.28. The van der Waals surface area contributed by atoms with Gasteiger partial charge in [-0.2, -0.15) is 0 Å². The molecule has 0 radical (unpaired) electrons. The van der Waals surface area contributed by atoms with Crippen LogP contribution in [-0.2, 0) is 14.3 Å². The quantitative estimate of drug-likeness (QED) is 0.838. The Morgan fingerprint density at radius 3 is 2.95 bits per heavy atom. The van der Waals surface area contributed by atoms with Crippen molar-refractivity contribution in [2.45, 2.75) is 25.3 Å². The molecule has 0 aromatic heterocycles. The van der Waals surface area contributed by atoms with E-state index in [1.165, 1.54) is 7.11 Å². The lowest BCUT2D eigenvalue weighted by atomic mass is 10.0. The summed E-state index contributed by atoms with van der Waals surface area (Å²) in [7, 11) is 1.31. The molecule has 2 rings (SSSR count). The Bertz CT molecular complexity index is 472. The number of benzene rings is 1. The molecule has 1 unspecified atom stereocenters. The van der Waals surface area contributed by atoms with E-state index >= 15 is 0 Å². The molecule has 1 aromatic rings. The van der Waals surface area contributed by atoms with E-state index in [4.69, 9.17) is 4.74 Å². The van der Waals surface area contributed by atoms with E-state index in [2.05, 4.69) is 10.1 Å². The number of methoxy groups -OCH3 is 1. The van der Waals surface area contributed by atoms with Gasteiger partial charge in [-0.15, -0.1) is 0 Å². The first-order chi connectivity index (χ1) is 9.20. The molecule has 1 heterocycles. The number of amides is 1. The fraction of sp³-hybridized carbons (Fsp3) is 0.429. The van der Waals surface area contributed by atoms with E-state index in [0.717, 1.165) is 17.7 Å². The lowest BCUT2D eigenvalue weighted by Gasteiger charge is -2.26. The Kier molecular flexibility index (Phi) is 4.39. The number of ether oxygens (including phenoxy) is 2. The lowest BCUT2D eigenvalue weighted by Crippen LogP contribution is -2.32. The van der Waals surface area contributed by atoms with Crippen LogP contribution in [0.1, 0.15) is 30.9 Å². The highest BCUT2D eigenvalue weighted by atomic mass is 16.5. The Balaban J connectivity index is 1.93. The maximum Gasteiger partial charge on any atom is 0.306 e. The molecule has 0 spiro atoms. The van der Waals surface area contributed by atoms with Gasteiger partial charge in [0.25, 0.3) is 0 Å². The molecule has 1 atom stereocenters. The van der Waals surface area contributed by atoms with Gasteiger partial charge in [-0.05, 0) is 6.07 Å². The molecule has 0 aliphatic carbocycles. The van der Waals surface area contributed by atoms with Gasteiger partial charge in [0.15, 0.2) is 0 Å². The monoisotopic (exact) mass is 263 g/mol. The van der Waals surface area contributed by atoms with E-state index in [-0.39, 0.29) is 30.8 Å². The maximum absolute atomic E-state index is 11.8. The zero-order chi connectivity index (χ0) is 13.7. The van der Waals surface area contributed by atoms with Gasteiger partial charge in [-0.3, -0.25) is 9.59 Å². The van der Waals surface area contributed by atoms with Crippen LogP contribution in [0.4, 0.5) is 0 Å². The van der Waals surface area contributed by atoms with E-state index < -0.39 is 0 Å². The normalized spacial score (nSPS) is 17.0. The molecule has 0 bridgehead atoms. The molecular formula is C14H17NO4. The summed E-state index contributed by atoms with van der Waals surface area (Å²) in [6.07, 6.45) is 0.986. The average molecular weight is 263 g/mol. The molecule has 102 valence electrons. The third-order valence-corrected chi connectivity index (χ3v) is 3.08. The molecule has 0 saturated heterocycles. The molecule has 1 aromatic carbocycles. The lowest BCUT2D eigenvalue weighted by molar-refractivity contribution is -0.142. The van der Waals surface area contributed by atoms with E-state index in [9.17, 15) is 9.59 Å². The SMILES string of the molecule is COC(=O)CCC(=O)NC1CCOc2ccccc21. The van der Waals surface area contributed by atoms with Crippen molar-refractivity contribution in [3.05, 3.63) is 29.8 Å². The highest BCUT2D eigenvalue weighted by Crippen LogP contribution is 2.31. The molecule has 0 fully saturated rings. The summed E-state index contributed by atoms with van der Waals surface area (Å²) >= 11 is 0. The fourth-order valence-corrected chi connectivity index (χ4v) is 2.08. The number of para-hydroxylation sites is 1. The van der Waals surface area contributed by atoms with Crippen LogP contribution in [0.25, 0.3) is 0 Å². The molecule has 5 nitrogen and oxygen atoms in total. The number of esters is 1. The Morgan fingerprint density at radius 2 is 2.16 bits per heavy atom. The van der Waals surface area contributed by atoms with Crippen LogP contribution in [0.3, 0.4) is 0 Å². The first-order valence-electron chi connectivity index (χ1n) is 6.28. The number of hydrogen-bond acceptors (Lipinski definition) is 4. The van der Waals surface area contributed by atoms with Crippen LogP contribution in [0, 0.1) is 0 Å². The summed E-state index contributed by atoms with van der Waals surface area (Å²) in [6.45, 7) is 0.582. The number of carbonyl (C=O) groups excluding carboxylic acids is 2.